The Hall–Kier alpha value is -1.32. The number of amides is 1. The molecule has 0 saturated heterocycles. The standard InChI is InChI=1S/C7H11NO3/c1-3-8-7(11)5(2)4-6(9)10/h4H,3H2,1-2H3,(H,8,11)(H,9,10). The third-order valence-electron chi connectivity index (χ3n) is 1.04. The first kappa shape index (κ1) is 9.68. The second kappa shape index (κ2) is 4.49. The summed E-state index contributed by atoms with van der Waals surface area (Å²) >= 11 is 0. The smallest absolute Gasteiger partial charge is 0.328 e. The van der Waals surface area contributed by atoms with E-state index in [0.717, 1.165) is 6.08 Å². The molecule has 62 valence electrons. The van der Waals surface area contributed by atoms with Crippen molar-refractivity contribution in [3.63, 3.8) is 0 Å². The van der Waals surface area contributed by atoms with Crippen molar-refractivity contribution in [1.82, 2.24) is 5.32 Å². The summed E-state index contributed by atoms with van der Waals surface area (Å²) in [6, 6.07) is 0. The summed E-state index contributed by atoms with van der Waals surface area (Å²) in [5, 5.41) is 10.7. The van der Waals surface area contributed by atoms with Crippen LogP contribution in [-0.4, -0.2) is 23.5 Å². The highest BCUT2D eigenvalue weighted by atomic mass is 16.4. The molecule has 0 spiro atoms. The normalized spacial score (nSPS) is 10.9. The number of hydrogen-bond acceptors (Lipinski definition) is 2. The van der Waals surface area contributed by atoms with E-state index in [0.29, 0.717) is 6.54 Å². The predicted octanol–water partition coefficient (Wildman–Crippen LogP) is 0.153. The first-order chi connectivity index (χ1) is 5.07. The van der Waals surface area contributed by atoms with Crippen LogP contribution in [-0.2, 0) is 9.59 Å². The molecule has 2 N–H and O–H groups in total. The van der Waals surface area contributed by atoms with E-state index in [1.807, 2.05) is 0 Å². The van der Waals surface area contributed by atoms with E-state index in [1.54, 1.807) is 6.92 Å². The molecule has 0 aliphatic carbocycles. The third kappa shape index (κ3) is 4.13. The Morgan fingerprint density at radius 1 is 1.55 bits per heavy atom. The van der Waals surface area contributed by atoms with Crippen LogP contribution in [0.15, 0.2) is 11.6 Å². The Morgan fingerprint density at radius 3 is 2.45 bits per heavy atom. The molecule has 0 atom stereocenters. The molecule has 0 saturated carbocycles. The van der Waals surface area contributed by atoms with Gasteiger partial charge in [0.05, 0.1) is 0 Å². The maximum atomic E-state index is 10.8. The number of carboxylic acids is 1. The Labute approximate surface area is 64.9 Å². The summed E-state index contributed by atoms with van der Waals surface area (Å²) in [4.78, 5) is 20.9. The molecule has 0 fully saturated rings. The van der Waals surface area contributed by atoms with Gasteiger partial charge in [0.25, 0.3) is 0 Å². The summed E-state index contributed by atoms with van der Waals surface area (Å²) in [6.45, 7) is 3.73. The average molecular weight is 157 g/mol. The van der Waals surface area contributed by atoms with Crippen LogP contribution in [0.25, 0.3) is 0 Å². The van der Waals surface area contributed by atoms with Gasteiger partial charge in [-0.2, -0.15) is 0 Å². The Morgan fingerprint density at radius 2 is 2.09 bits per heavy atom. The van der Waals surface area contributed by atoms with Crippen LogP contribution in [0.2, 0.25) is 0 Å². The fourth-order valence-electron chi connectivity index (χ4n) is 0.551. The van der Waals surface area contributed by atoms with Crippen molar-refractivity contribution in [2.75, 3.05) is 6.54 Å². The van der Waals surface area contributed by atoms with E-state index in [4.69, 9.17) is 5.11 Å². The highest BCUT2D eigenvalue weighted by Crippen LogP contribution is 1.90. The van der Waals surface area contributed by atoms with E-state index in [2.05, 4.69) is 5.32 Å². The second-order valence-corrected chi connectivity index (χ2v) is 2.03. The minimum absolute atomic E-state index is 0.208. The molecule has 0 aromatic heterocycles. The van der Waals surface area contributed by atoms with Crippen molar-refractivity contribution < 1.29 is 14.7 Å². The third-order valence-corrected chi connectivity index (χ3v) is 1.04. The average Bonchev–Trinajstić information content (AvgIpc) is 1.86. The molecule has 0 aliphatic heterocycles. The summed E-state index contributed by atoms with van der Waals surface area (Å²) in [5.74, 6) is -1.44. The monoisotopic (exact) mass is 157 g/mol. The van der Waals surface area contributed by atoms with E-state index in [-0.39, 0.29) is 11.5 Å². The number of carbonyl (C=O) groups excluding carboxylic acids is 1. The molecule has 4 heteroatoms. The number of carbonyl (C=O) groups is 2. The van der Waals surface area contributed by atoms with Crippen molar-refractivity contribution in [3.05, 3.63) is 11.6 Å². The lowest BCUT2D eigenvalue weighted by Crippen LogP contribution is -2.23. The van der Waals surface area contributed by atoms with Crippen LogP contribution >= 0.6 is 0 Å². The molecule has 0 aliphatic rings. The van der Waals surface area contributed by atoms with Gasteiger partial charge in [-0.05, 0) is 13.8 Å². The quantitative estimate of drug-likeness (QED) is 0.573. The topological polar surface area (TPSA) is 66.4 Å². The first-order valence-corrected chi connectivity index (χ1v) is 3.27. The van der Waals surface area contributed by atoms with Crippen LogP contribution in [0.4, 0.5) is 0 Å². The lowest BCUT2D eigenvalue weighted by Gasteiger charge is -1.99. The molecular formula is C7H11NO3. The SMILES string of the molecule is CCNC(=O)C(C)=CC(=O)O. The zero-order valence-electron chi connectivity index (χ0n) is 6.55. The highest BCUT2D eigenvalue weighted by Gasteiger charge is 2.02. The number of aliphatic carboxylic acids is 1. The molecule has 4 nitrogen and oxygen atoms in total. The van der Waals surface area contributed by atoms with Crippen LogP contribution in [0.5, 0.6) is 0 Å². The Bertz CT molecular complexity index is 196. The zero-order chi connectivity index (χ0) is 8.85. The maximum Gasteiger partial charge on any atom is 0.328 e. The van der Waals surface area contributed by atoms with E-state index in [9.17, 15) is 9.59 Å². The molecular weight excluding hydrogens is 146 g/mol. The van der Waals surface area contributed by atoms with E-state index < -0.39 is 5.97 Å². The molecule has 0 radical (unpaired) electrons. The number of nitrogens with one attached hydrogen (secondary N) is 1. The van der Waals surface area contributed by atoms with Gasteiger partial charge in [-0.15, -0.1) is 0 Å². The molecule has 0 rings (SSSR count). The molecule has 0 heterocycles. The van der Waals surface area contributed by atoms with Crippen LogP contribution in [0.1, 0.15) is 13.8 Å². The number of rotatable bonds is 3. The fraction of sp³-hybridized carbons (Fsp3) is 0.429. The van der Waals surface area contributed by atoms with Gasteiger partial charge in [-0.3, -0.25) is 4.79 Å². The lowest BCUT2D eigenvalue weighted by atomic mass is 10.2. The van der Waals surface area contributed by atoms with Gasteiger partial charge in [0.2, 0.25) is 5.91 Å². The minimum atomic E-state index is -1.10. The fourth-order valence-corrected chi connectivity index (χ4v) is 0.551. The molecule has 1 amide bonds. The van der Waals surface area contributed by atoms with Crippen molar-refractivity contribution in [3.8, 4) is 0 Å². The molecule has 0 unspecified atom stereocenters. The molecule has 0 aromatic rings. The van der Waals surface area contributed by atoms with Gasteiger partial charge in [-0.25, -0.2) is 4.79 Å². The van der Waals surface area contributed by atoms with Crippen LogP contribution in [0.3, 0.4) is 0 Å². The van der Waals surface area contributed by atoms with Gasteiger partial charge < -0.3 is 10.4 Å². The largest absolute Gasteiger partial charge is 0.478 e. The maximum absolute atomic E-state index is 10.8. The van der Waals surface area contributed by atoms with Gasteiger partial charge in [0.15, 0.2) is 0 Å². The summed E-state index contributed by atoms with van der Waals surface area (Å²) in [7, 11) is 0. The Balaban J connectivity index is 4.12. The van der Waals surface area contributed by atoms with E-state index in [1.165, 1.54) is 6.92 Å². The first-order valence-electron chi connectivity index (χ1n) is 3.27. The molecule has 0 bridgehead atoms. The van der Waals surface area contributed by atoms with Gasteiger partial charge in [-0.1, -0.05) is 0 Å². The second-order valence-electron chi connectivity index (χ2n) is 2.03. The van der Waals surface area contributed by atoms with Crippen LogP contribution in [0, 0.1) is 0 Å². The van der Waals surface area contributed by atoms with Crippen molar-refractivity contribution in [2.45, 2.75) is 13.8 Å². The summed E-state index contributed by atoms with van der Waals surface area (Å²) in [5.41, 5.74) is 0.208. The number of hydrogen-bond donors (Lipinski definition) is 2. The van der Waals surface area contributed by atoms with Gasteiger partial charge in [0.1, 0.15) is 0 Å². The Kier molecular flexibility index (Phi) is 3.95. The summed E-state index contributed by atoms with van der Waals surface area (Å²) < 4.78 is 0. The van der Waals surface area contributed by atoms with Crippen molar-refractivity contribution in [1.29, 1.82) is 0 Å². The molecule has 11 heavy (non-hydrogen) atoms. The molecule has 0 aromatic carbocycles. The lowest BCUT2D eigenvalue weighted by molar-refractivity contribution is -0.131. The van der Waals surface area contributed by atoms with Gasteiger partial charge >= 0.3 is 5.97 Å². The predicted molar refractivity (Wildman–Crippen MR) is 40.1 cm³/mol. The van der Waals surface area contributed by atoms with E-state index >= 15 is 0 Å². The number of carboxylic acid groups (broad SMARTS) is 1. The van der Waals surface area contributed by atoms with Crippen LogP contribution < -0.4 is 5.32 Å². The van der Waals surface area contributed by atoms with Crippen molar-refractivity contribution in [2.24, 2.45) is 0 Å². The minimum Gasteiger partial charge on any atom is -0.478 e. The number of likely N-dealkylation sites (N-methyl/N-ethyl adjacent to an activating group) is 1. The zero-order valence-corrected chi connectivity index (χ0v) is 6.55. The summed E-state index contributed by atoms with van der Waals surface area (Å²) in [6.07, 6.45) is 0.880. The van der Waals surface area contributed by atoms with Crippen molar-refractivity contribution >= 4 is 11.9 Å². The van der Waals surface area contributed by atoms with Gasteiger partial charge in [0, 0.05) is 18.2 Å². The highest BCUT2D eigenvalue weighted by molar-refractivity contribution is 5.98.